The first-order valence-electron chi connectivity index (χ1n) is 5.28. The van der Waals surface area contributed by atoms with Gasteiger partial charge in [-0.3, -0.25) is 4.79 Å². The first-order valence-corrected chi connectivity index (χ1v) is 5.66. The molecule has 94 valence electrons. The average Bonchev–Trinajstić information content (AvgIpc) is 2.28. The summed E-state index contributed by atoms with van der Waals surface area (Å²) in [5.74, 6) is 0.438. The molecule has 1 aromatic carbocycles. The number of ether oxygens (including phenoxy) is 2. The van der Waals surface area contributed by atoms with Gasteiger partial charge in [0.2, 0.25) is 0 Å². The Hall–Kier alpha value is -1.26. The third kappa shape index (κ3) is 5.56. The fourth-order valence-corrected chi connectivity index (χ4v) is 1.41. The van der Waals surface area contributed by atoms with Gasteiger partial charge < -0.3 is 14.8 Å². The van der Waals surface area contributed by atoms with Crippen LogP contribution in [0.4, 0.5) is 0 Å². The van der Waals surface area contributed by atoms with Gasteiger partial charge in [0, 0.05) is 18.2 Å². The summed E-state index contributed by atoms with van der Waals surface area (Å²) in [4.78, 5) is 11.5. The second-order valence-corrected chi connectivity index (χ2v) is 4.10. The third-order valence-corrected chi connectivity index (χ3v) is 2.26. The van der Waals surface area contributed by atoms with Crippen molar-refractivity contribution in [3.05, 3.63) is 29.3 Å². The van der Waals surface area contributed by atoms with Gasteiger partial charge in [0.05, 0.1) is 6.61 Å². The topological polar surface area (TPSA) is 47.6 Å². The van der Waals surface area contributed by atoms with Crippen molar-refractivity contribution < 1.29 is 14.3 Å². The molecular formula is C12H16ClNO3. The number of nitrogens with one attached hydrogen (secondary N) is 1. The van der Waals surface area contributed by atoms with Crippen LogP contribution in [0.2, 0.25) is 5.02 Å². The van der Waals surface area contributed by atoms with E-state index in [0.717, 1.165) is 0 Å². The molecule has 0 heterocycles. The molecule has 1 aromatic rings. The van der Waals surface area contributed by atoms with Gasteiger partial charge in [0.15, 0.2) is 6.61 Å². The SMILES string of the molecule is COC[C@@H](C)NC(=O)COc1ccc(Cl)cc1. The second-order valence-electron chi connectivity index (χ2n) is 3.67. The molecular weight excluding hydrogens is 242 g/mol. The van der Waals surface area contributed by atoms with Crippen LogP contribution in [-0.4, -0.2) is 32.3 Å². The predicted molar refractivity (Wildman–Crippen MR) is 66.4 cm³/mol. The lowest BCUT2D eigenvalue weighted by Gasteiger charge is -2.13. The molecule has 4 nitrogen and oxygen atoms in total. The Bertz CT molecular complexity index is 353. The molecule has 0 radical (unpaired) electrons. The number of halogens is 1. The van der Waals surface area contributed by atoms with E-state index in [1.54, 1.807) is 31.4 Å². The van der Waals surface area contributed by atoms with E-state index >= 15 is 0 Å². The van der Waals surface area contributed by atoms with Gasteiger partial charge in [-0.2, -0.15) is 0 Å². The Kier molecular flexibility index (Phi) is 5.80. The zero-order valence-electron chi connectivity index (χ0n) is 9.90. The van der Waals surface area contributed by atoms with Crippen LogP contribution in [0.3, 0.4) is 0 Å². The summed E-state index contributed by atoms with van der Waals surface area (Å²) in [6.45, 7) is 2.33. The largest absolute Gasteiger partial charge is 0.484 e. The van der Waals surface area contributed by atoms with Crippen molar-refractivity contribution in [2.24, 2.45) is 0 Å². The van der Waals surface area contributed by atoms with Crippen LogP contribution in [0.1, 0.15) is 6.92 Å². The van der Waals surface area contributed by atoms with Crippen molar-refractivity contribution >= 4 is 17.5 Å². The molecule has 0 aliphatic heterocycles. The standard InChI is InChI=1S/C12H16ClNO3/c1-9(7-16-2)14-12(15)8-17-11-5-3-10(13)4-6-11/h3-6,9H,7-8H2,1-2H3,(H,14,15)/t9-/m1/s1. The molecule has 0 saturated heterocycles. The van der Waals surface area contributed by atoms with Crippen LogP contribution in [0.5, 0.6) is 5.75 Å². The van der Waals surface area contributed by atoms with Crippen molar-refractivity contribution in [2.75, 3.05) is 20.3 Å². The van der Waals surface area contributed by atoms with E-state index < -0.39 is 0 Å². The van der Waals surface area contributed by atoms with Gasteiger partial charge in [-0.15, -0.1) is 0 Å². The lowest BCUT2D eigenvalue weighted by Crippen LogP contribution is -2.38. The van der Waals surface area contributed by atoms with Gasteiger partial charge in [-0.1, -0.05) is 11.6 Å². The highest BCUT2D eigenvalue weighted by molar-refractivity contribution is 6.30. The third-order valence-electron chi connectivity index (χ3n) is 2.01. The van der Waals surface area contributed by atoms with E-state index in [0.29, 0.717) is 17.4 Å². The smallest absolute Gasteiger partial charge is 0.258 e. The fourth-order valence-electron chi connectivity index (χ4n) is 1.29. The number of amides is 1. The minimum absolute atomic E-state index is 0.0182. The molecule has 0 unspecified atom stereocenters. The maximum Gasteiger partial charge on any atom is 0.258 e. The van der Waals surface area contributed by atoms with Crippen LogP contribution in [0, 0.1) is 0 Å². The van der Waals surface area contributed by atoms with E-state index in [-0.39, 0.29) is 18.6 Å². The van der Waals surface area contributed by atoms with Crippen molar-refractivity contribution in [1.29, 1.82) is 0 Å². The minimum atomic E-state index is -0.176. The monoisotopic (exact) mass is 257 g/mol. The summed E-state index contributed by atoms with van der Waals surface area (Å²) in [5, 5.41) is 3.38. The number of hydrogen-bond donors (Lipinski definition) is 1. The van der Waals surface area contributed by atoms with Crippen LogP contribution < -0.4 is 10.1 Å². The molecule has 0 fully saturated rings. The highest BCUT2D eigenvalue weighted by atomic mass is 35.5. The Labute approximate surface area is 106 Å². The molecule has 1 amide bonds. The first kappa shape index (κ1) is 13.8. The number of methoxy groups -OCH3 is 1. The van der Waals surface area contributed by atoms with Gasteiger partial charge in [0.1, 0.15) is 5.75 Å². The van der Waals surface area contributed by atoms with Crippen LogP contribution in [0.25, 0.3) is 0 Å². The summed E-state index contributed by atoms with van der Waals surface area (Å²) in [5.41, 5.74) is 0. The van der Waals surface area contributed by atoms with E-state index in [9.17, 15) is 4.79 Å². The highest BCUT2D eigenvalue weighted by Crippen LogP contribution is 2.15. The number of carbonyl (C=O) groups is 1. The number of benzene rings is 1. The Morgan fingerprint density at radius 1 is 1.41 bits per heavy atom. The highest BCUT2D eigenvalue weighted by Gasteiger charge is 2.07. The molecule has 0 aliphatic carbocycles. The lowest BCUT2D eigenvalue weighted by molar-refractivity contribution is -0.124. The van der Waals surface area contributed by atoms with Crippen LogP contribution >= 0.6 is 11.6 Å². The summed E-state index contributed by atoms with van der Waals surface area (Å²) in [6, 6.07) is 6.83. The van der Waals surface area contributed by atoms with Crippen molar-refractivity contribution in [1.82, 2.24) is 5.32 Å². The maximum atomic E-state index is 11.5. The molecule has 5 heteroatoms. The van der Waals surface area contributed by atoms with E-state index in [2.05, 4.69) is 5.32 Å². The summed E-state index contributed by atoms with van der Waals surface area (Å²) < 4.78 is 10.2. The van der Waals surface area contributed by atoms with Crippen LogP contribution in [0.15, 0.2) is 24.3 Å². The minimum Gasteiger partial charge on any atom is -0.484 e. The maximum absolute atomic E-state index is 11.5. The Balaban J connectivity index is 2.30. The zero-order chi connectivity index (χ0) is 12.7. The number of carbonyl (C=O) groups excluding carboxylic acids is 1. The average molecular weight is 258 g/mol. The molecule has 0 saturated carbocycles. The predicted octanol–water partition coefficient (Wildman–Crippen LogP) is 1.87. The van der Waals surface area contributed by atoms with Crippen molar-refractivity contribution in [2.45, 2.75) is 13.0 Å². The molecule has 17 heavy (non-hydrogen) atoms. The van der Waals surface area contributed by atoms with Gasteiger partial charge in [-0.05, 0) is 31.2 Å². The molecule has 0 bridgehead atoms. The zero-order valence-corrected chi connectivity index (χ0v) is 10.7. The lowest BCUT2D eigenvalue weighted by atomic mass is 10.3. The molecule has 0 aliphatic rings. The molecule has 1 atom stereocenters. The Morgan fingerprint density at radius 2 is 2.06 bits per heavy atom. The normalized spacial score (nSPS) is 11.9. The van der Waals surface area contributed by atoms with Crippen molar-refractivity contribution in [3.8, 4) is 5.75 Å². The number of rotatable bonds is 6. The molecule has 1 rings (SSSR count). The summed E-state index contributed by atoms with van der Waals surface area (Å²) >= 11 is 5.73. The summed E-state index contributed by atoms with van der Waals surface area (Å²) in [7, 11) is 1.59. The molecule has 1 N–H and O–H groups in total. The summed E-state index contributed by atoms with van der Waals surface area (Å²) in [6.07, 6.45) is 0. The second kappa shape index (κ2) is 7.14. The van der Waals surface area contributed by atoms with Crippen LogP contribution in [-0.2, 0) is 9.53 Å². The van der Waals surface area contributed by atoms with Crippen molar-refractivity contribution in [3.63, 3.8) is 0 Å². The van der Waals surface area contributed by atoms with Gasteiger partial charge >= 0.3 is 0 Å². The van der Waals surface area contributed by atoms with E-state index in [4.69, 9.17) is 21.1 Å². The van der Waals surface area contributed by atoms with E-state index in [1.165, 1.54) is 0 Å². The van der Waals surface area contributed by atoms with Gasteiger partial charge in [0.25, 0.3) is 5.91 Å². The first-order chi connectivity index (χ1) is 8.11. The fraction of sp³-hybridized carbons (Fsp3) is 0.417. The van der Waals surface area contributed by atoms with Gasteiger partial charge in [-0.25, -0.2) is 0 Å². The van der Waals surface area contributed by atoms with E-state index in [1.807, 2.05) is 6.92 Å². The quantitative estimate of drug-likeness (QED) is 0.846. The Morgan fingerprint density at radius 3 is 2.65 bits per heavy atom. The molecule has 0 spiro atoms. The molecule has 0 aromatic heterocycles. The number of hydrogen-bond acceptors (Lipinski definition) is 3.